The lowest BCUT2D eigenvalue weighted by molar-refractivity contribution is 0.00124. The van der Waals surface area contributed by atoms with Gasteiger partial charge in [-0.15, -0.1) is 0 Å². The highest BCUT2D eigenvalue weighted by Crippen LogP contribution is 2.31. The summed E-state index contributed by atoms with van der Waals surface area (Å²) in [7, 11) is 0. The van der Waals surface area contributed by atoms with Crippen LogP contribution in [0.15, 0.2) is 24.3 Å². The predicted octanol–water partition coefficient (Wildman–Crippen LogP) is 9.05. The maximum Gasteiger partial charge on any atom is 0.163 e. The fourth-order valence-corrected chi connectivity index (χ4v) is 5.59. The highest BCUT2D eigenvalue weighted by molar-refractivity contribution is 5.39. The summed E-state index contributed by atoms with van der Waals surface area (Å²) in [6, 6.07) is 8.34. The van der Waals surface area contributed by atoms with Gasteiger partial charge in [0.2, 0.25) is 0 Å². The van der Waals surface area contributed by atoms with Crippen molar-refractivity contribution in [1.82, 2.24) is 9.80 Å². The van der Waals surface area contributed by atoms with E-state index < -0.39 is 0 Å². The van der Waals surface area contributed by atoms with Crippen LogP contribution in [0, 0.1) is 0 Å². The number of fused-ring (bicyclic) bond motifs is 1. The summed E-state index contributed by atoms with van der Waals surface area (Å²) in [6.45, 7) is 14.9. The van der Waals surface area contributed by atoms with Gasteiger partial charge in [0.15, 0.2) is 24.0 Å². The first-order valence-electron chi connectivity index (χ1n) is 16.7. The van der Waals surface area contributed by atoms with Gasteiger partial charge in [-0.25, -0.2) is 0 Å². The molecule has 2 unspecified atom stereocenters. The molecule has 0 saturated heterocycles. The summed E-state index contributed by atoms with van der Waals surface area (Å²) in [5.41, 5.74) is 0. The molecule has 5 heteroatoms. The van der Waals surface area contributed by atoms with Crippen LogP contribution in [-0.4, -0.2) is 61.6 Å². The Labute approximate surface area is 242 Å². The van der Waals surface area contributed by atoms with Gasteiger partial charge in [-0.3, -0.25) is 9.80 Å². The van der Waals surface area contributed by atoms with Crippen LogP contribution in [-0.2, 0) is 4.74 Å². The highest BCUT2D eigenvalue weighted by Gasteiger charge is 2.24. The van der Waals surface area contributed by atoms with E-state index in [0.29, 0.717) is 0 Å². The van der Waals surface area contributed by atoms with Gasteiger partial charge in [0.25, 0.3) is 0 Å². The SMILES string of the molecule is CCCCCCCCN(CC)C1CCCOCCCC(N(CC)CCCCCCCC)Oc2ccccc2O1. The van der Waals surface area contributed by atoms with Gasteiger partial charge >= 0.3 is 0 Å². The van der Waals surface area contributed by atoms with E-state index in [1.165, 1.54) is 77.0 Å². The molecule has 0 spiro atoms. The van der Waals surface area contributed by atoms with Gasteiger partial charge in [0.1, 0.15) is 0 Å². The first-order valence-corrected chi connectivity index (χ1v) is 16.7. The second-order valence-electron chi connectivity index (χ2n) is 11.3. The lowest BCUT2D eigenvalue weighted by atomic mass is 10.1. The standard InChI is InChI=1S/C34H62N2O3/c1-5-9-11-13-15-19-27-35(7-3)33-25-21-29-37-30-22-26-34(39-32-24-18-17-23-31(32)38-33)36(8-4)28-20-16-14-12-10-6-2/h17-18,23-24,33-34H,5-16,19-22,25-30H2,1-4H3. The van der Waals surface area contributed by atoms with Gasteiger partial charge < -0.3 is 14.2 Å². The lowest BCUT2D eigenvalue weighted by Gasteiger charge is -2.33. The van der Waals surface area contributed by atoms with E-state index in [4.69, 9.17) is 14.2 Å². The summed E-state index contributed by atoms with van der Waals surface area (Å²) < 4.78 is 19.6. The molecule has 0 bridgehead atoms. The molecule has 1 aliphatic heterocycles. The van der Waals surface area contributed by atoms with Crippen molar-refractivity contribution < 1.29 is 14.2 Å². The zero-order chi connectivity index (χ0) is 28.0. The Bertz CT molecular complexity index is 644. The molecule has 0 N–H and O–H groups in total. The quantitative estimate of drug-likeness (QED) is 0.172. The smallest absolute Gasteiger partial charge is 0.163 e. The van der Waals surface area contributed by atoms with Crippen LogP contribution in [0.2, 0.25) is 0 Å². The fourth-order valence-electron chi connectivity index (χ4n) is 5.59. The van der Waals surface area contributed by atoms with Crippen LogP contribution in [0.4, 0.5) is 0 Å². The Kier molecular flexibility index (Phi) is 19.5. The molecule has 0 fully saturated rings. The molecule has 0 radical (unpaired) electrons. The minimum absolute atomic E-state index is 0.0450. The van der Waals surface area contributed by atoms with Crippen LogP contribution < -0.4 is 9.47 Å². The number of para-hydroxylation sites is 2. The molecule has 1 aromatic rings. The van der Waals surface area contributed by atoms with Crippen molar-refractivity contribution in [3.8, 4) is 11.5 Å². The molecule has 1 aliphatic rings. The molecule has 0 aliphatic carbocycles. The molecule has 226 valence electrons. The Morgan fingerprint density at radius 1 is 0.590 bits per heavy atom. The Morgan fingerprint density at radius 2 is 1.00 bits per heavy atom. The normalized spacial score (nSPS) is 19.0. The first-order chi connectivity index (χ1) is 19.2. The van der Waals surface area contributed by atoms with E-state index >= 15 is 0 Å². The third kappa shape index (κ3) is 14.2. The number of hydrogen-bond donors (Lipinski definition) is 0. The van der Waals surface area contributed by atoms with Crippen molar-refractivity contribution in [2.24, 2.45) is 0 Å². The lowest BCUT2D eigenvalue weighted by Crippen LogP contribution is -2.41. The Hall–Kier alpha value is -1.30. The summed E-state index contributed by atoms with van der Waals surface area (Å²) in [5, 5.41) is 0. The summed E-state index contributed by atoms with van der Waals surface area (Å²) in [5.74, 6) is 1.76. The Morgan fingerprint density at radius 3 is 1.41 bits per heavy atom. The van der Waals surface area contributed by atoms with Crippen molar-refractivity contribution in [2.45, 2.75) is 143 Å². The minimum atomic E-state index is 0.0450. The largest absolute Gasteiger partial charge is 0.471 e. The molecule has 1 aromatic carbocycles. The van der Waals surface area contributed by atoms with Crippen LogP contribution >= 0.6 is 0 Å². The van der Waals surface area contributed by atoms with E-state index in [1.54, 1.807) is 0 Å². The molecule has 0 saturated carbocycles. The van der Waals surface area contributed by atoms with Crippen LogP contribution in [0.5, 0.6) is 11.5 Å². The van der Waals surface area contributed by atoms with Crippen molar-refractivity contribution in [3.63, 3.8) is 0 Å². The van der Waals surface area contributed by atoms with Crippen LogP contribution in [0.25, 0.3) is 0 Å². The molecule has 2 atom stereocenters. The van der Waals surface area contributed by atoms with E-state index in [0.717, 1.165) is 76.6 Å². The summed E-state index contributed by atoms with van der Waals surface area (Å²) in [6.07, 6.45) is 19.9. The van der Waals surface area contributed by atoms with E-state index in [-0.39, 0.29) is 12.5 Å². The summed E-state index contributed by atoms with van der Waals surface area (Å²) >= 11 is 0. The maximum absolute atomic E-state index is 6.78. The summed E-state index contributed by atoms with van der Waals surface area (Å²) in [4.78, 5) is 5.04. The van der Waals surface area contributed by atoms with Gasteiger partial charge in [0.05, 0.1) is 0 Å². The molecule has 39 heavy (non-hydrogen) atoms. The fraction of sp³-hybridized carbons (Fsp3) is 0.824. The van der Waals surface area contributed by atoms with Gasteiger partial charge in [-0.1, -0.05) is 104 Å². The monoisotopic (exact) mass is 546 g/mol. The topological polar surface area (TPSA) is 34.2 Å². The first kappa shape index (κ1) is 33.9. The average Bonchev–Trinajstić information content (AvgIpc) is 2.97. The minimum Gasteiger partial charge on any atom is -0.471 e. The van der Waals surface area contributed by atoms with Crippen LogP contribution in [0.1, 0.15) is 130 Å². The third-order valence-electron chi connectivity index (χ3n) is 8.08. The van der Waals surface area contributed by atoms with Gasteiger partial charge in [0, 0.05) is 39.1 Å². The van der Waals surface area contributed by atoms with Gasteiger partial charge in [-0.2, -0.15) is 0 Å². The Balaban J connectivity index is 2.08. The molecule has 5 nitrogen and oxygen atoms in total. The molecular weight excluding hydrogens is 484 g/mol. The third-order valence-corrected chi connectivity index (χ3v) is 8.08. The zero-order valence-corrected chi connectivity index (χ0v) is 26.1. The van der Waals surface area contributed by atoms with Crippen molar-refractivity contribution in [1.29, 1.82) is 0 Å². The second kappa shape index (κ2) is 22.4. The average molecular weight is 547 g/mol. The number of hydrogen-bond acceptors (Lipinski definition) is 5. The van der Waals surface area contributed by atoms with E-state index in [9.17, 15) is 0 Å². The van der Waals surface area contributed by atoms with E-state index in [1.807, 2.05) is 0 Å². The zero-order valence-electron chi connectivity index (χ0n) is 26.1. The molecule has 2 rings (SSSR count). The number of ether oxygens (including phenoxy) is 3. The highest BCUT2D eigenvalue weighted by atomic mass is 16.5. The van der Waals surface area contributed by atoms with Crippen molar-refractivity contribution in [3.05, 3.63) is 24.3 Å². The molecule has 1 heterocycles. The maximum atomic E-state index is 6.78. The van der Waals surface area contributed by atoms with Crippen LogP contribution in [0.3, 0.4) is 0 Å². The van der Waals surface area contributed by atoms with Crippen molar-refractivity contribution in [2.75, 3.05) is 39.4 Å². The number of unbranched alkanes of at least 4 members (excludes halogenated alkanes) is 10. The van der Waals surface area contributed by atoms with E-state index in [2.05, 4.69) is 61.8 Å². The predicted molar refractivity (Wildman–Crippen MR) is 166 cm³/mol. The molecule has 0 amide bonds. The number of benzene rings is 1. The molecular formula is C34H62N2O3. The number of nitrogens with zero attached hydrogens (tertiary/aromatic N) is 2. The molecule has 0 aromatic heterocycles. The number of rotatable bonds is 18. The van der Waals surface area contributed by atoms with Crippen molar-refractivity contribution >= 4 is 0 Å². The van der Waals surface area contributed by atoms with Gasteiger partial charge in [-0.05, 0) is 50.9 Å². The second-order valence-corrected chi connectivity index (χ2v) is 11.3.